The fourth-order valence-corrected chi connectivity index (χ4v) is 2.59. The molecule has 0 radical (unpaired) electrons. The van der Waals surface area contributed by atoms with Gasteiger partial charge in [0.25, 0.3) is 0 Å². The third kappa shape index (κ3) is 1.98. The summed E-state index contributed by atoms with van der Waals surface area (Å²) in [6.45, 7) is 3.70. The minimum absolute atomic E-state index is 0.420. The second-order valence-corrected chi connectivity index (χ2v) is 5.32. The van der Waals surface area contributed by atoms with Crippen LogP contribution in [-0.4, -0.2) is 28.2 Å². The van der Waals surface area contributed by atoms with Crippen molar-refractivity contribution in [1.29, 1.82) is 0 Å². The van der Waals surface area contributed by atoms with Gasteiger partial charge in [0, 0.05) is 17.7 Å². The van der Waals surface area contributed by atoms with Gasteiger partial charge in [-0.05, 0) is 37.5 Å². The molecule has 0 unspecified atom stereocenters. The van der Waals surface area contributed by atoms with Crippen molar-refractivity contribution in [1.82, 2.24) is 15.0 Å². The molecular weight excluding hydrogens is 282 g/mol. The summed E-state index contributed by atoms with van der Waals surface area (Å²) in [7, 11) is 0. The molecule has 1 aliphatic heterocycles. The van der Waals surface area contributed by atoms with Crippen molar-refractivity contribution in [2.75, 3.05) is 13.2 Å². The van der Waals surface area contributed by atoms with Crippen molar-refractivity contribution in [2.45, 2.75) is 25.8 Å². The maximum atomic E-state index is 5.38. The molecule has 3 rings (SSSR count). The van der Waals surface area contributed by atoms with Crippen LogP contribution >= 0.6 is 15.9 Å². The number of hydrogen-bond acceptors (Lipinski definition) is 3. The van der Waals surface area contributed by atoms with Gasteiger partial charge in [0.1, 0.15) is 5.52 Å². The molecule has 0 spiro atoms. The lowest BCUT2D eigenvalue weighted by Gasteiger charge is -2.22. The lowest BCUT2D eigenvalue weighted by molar-refractivity contribution is 0.0669. The van der Waals surface area contributed by atoms with E-state index in [1.54, 1.807) is 0 Å². The van der Waals surface area contributed by atoms with Crippen molar-refractivity contribution >= 4 is 27.0 Å². The van der Waals surface area contributed by atoms with Crippen molar-refractivity contribution in [3.63, 3.8) is 0 Å². The Hall–Kier alpha value is -0.940. The molecule has 1 aliphatic rings. The number of halogens is 1. The molecule has 17 heavy (non-hydrogen) atoms. The molecule has 2 aromatic rings. The number of fused-ring (bicyclic) bond motifs is 1. The van der Waals surface area contributed by atoms with Crippen LogP contribution in [0.25, 0.3) is 11.0 Å². The van der Waals surface area contributed by atoms with Crippen LogP contribution in [0, 0.1) is 6.92 Å². The summed E-state index contributed by atoms with van der Waals surface area (Å²) in [4.78, 5) is 0. The first-order valence-corrected chi connectivity index (χ1v) is 6.64. The summed E-state index contributed by atoms with van der Waals surface area (Å²) >= 11 is 3.57. The van der Waals surface area contributed by atoms with E-state index in [1.165, 1.54) is 5.56 Å². The predicted octanol–water partition coefficient (Wildman–Crippen LogP) is 2.85. The fourth-order valence-electron chi connectivity index (χ4n) is 2.26. The van der Waals surface area contributed by atoms with Crippen LogP contribution in [0.1, 0.15) is 24.4 Å². The van der Waals surface area contributed by atoms with Crippen molar-refractivity contribution < 1.29 is 4.74 Å². The average molecular weight is 296 g/mol. The van der Waals surface area contributed by atoms with Gasteiger partial charge in [-0.2, -0.15) is 0 Å². The Labute approximate surface area is 108 Å². The molecule has 1 fully saturated rings. The zero-order valence-electron chi connectivity index (χ0n) is 9.69. The summed E-state index contributed by atoms with van der Waals surface area (Å²) in [5.74, 6) is 0. The molecule has 0 saturated carbocycles. The van der Waals surface area contributed by atoms with Crippen LogP contribution in [0.5, 0.6) is 0 Å². The summed E-state index contributed by atoms with van der Waals surface area (Å²) in [6, 6.07) is 4.60. The number of ether oxygens (including phenoxy) is 1. The monoisotopic (exact) mass is 295 g/mol. The number of aromatic nitrogens is 3. The van der Waals surface area contributed by atoms with E-state index in [0.717, 1.165) is 41.6 Å². The Kier molecular flexibility index (Phi) is 2.88. The van der Waals surface area contributed by atoms with E-state index in [1.807, 2.05) is 4.68 Å². The topological polar surface area (TPSA) is 39.9 Å². The third-order valence-corrected chi connectivity index (χ3v) is 4.14. The second kappa shape index (κ2) is 4.38. The molecule has 0 amide bonds. The van der Waals surface area contributed by atoms with E-state index in [-0.39, 0.29) is 0 Å². The molecule has 0 atom stereocenters. The van der Waals surface area contributed by atoms with Gasteiger partial charge in [-0.3, -0.25) is 0 Å². The Morgan fingerprint density at radius 2 is 2.12 bits per heavy atom. The Bertz CT molecular complexity index is 546. The van der Waals surface area contributed by atoms with E-state index >= 15 is 0 Å². The van der Waals surface area contributed by atoms with Gasteiger partial charge >= 0.3 is 0 Å². The van der Waals surface area contributed by atoms with Gasteiger partial charge in [-0.25, -0.2) is 4.68 Å². The molecule has 0 N–H and O–H groups in total. The fraction of sp³-hybridized carbons (Fsp3) is 0.500. The normalized spacial score (nSPS) is 17.8. The molecule has 1 saturated heterocycles. The summed E-state index contributed by atoms with van der Waals surface area (Å²) in [6.07, 6.45) is 2.04. The lowest BCUT2D eigenvalue weighted by atomic mass is 10.1. The summed E-state index contributed by atoms with van der Waals surface area (Å²) in [5, 5.41) is 8.54. The van der Waals surface area contributed by atoms with Crippen molar-refractivity contribution in [3.8, 4) is 0 Å². The molecule has 1 aromatic carbocycles. The van der Waals surface area contributed by atoms with Crippen LogP contribution in [0.4, 0.5) is 0 Å². The quantitative estimate of drug-likeness (QED) is 0.812. The molecule has 4 nitrogen and oxygen atoms in total. The van der Waals surface area contributed by atoms with Crippen LogP contribution in [0.3, 0.4) is 0 Å². The Morgan fingerprint density at radius 1 is 1.35 bits per heavy atom. The van der Waals surface area contributed by atoms with Crippen LogP contribution in [-0.2, 0) is 4.74 Å². The lowest BCUT2D eigenvalue weighted by Crippen LogP contribution is -2.20. The maximum Gasteiger partial charge on any atom is 0.113 e. The third-order valence-electron chi connectivity index (χ3n) is 3.29. The molecule has 2 heterocycles. The molecule has 90 valence electrons. The first-order valence-electron chi connectivity index (χ1n) is 5.84. The zero-order chi connectivity index (χ0) is 11.8. The predicted molar refractivity (Wildman–Crippen MR) is 69.1 cm³/mol. The number of aryl methyl sites for hydroxylation is 1. The first kappa shape index (κ1) is 11.2. The second-order valence-electron chi connectivity index (χ2n) is 4.47. The summed E-state index contributed by atoms with van der Waals surface area (Å²) in [5.41, 5.74) is 3.27. The van der Waals surface area contributed by atoms with Gasteiger partial charge in [-0.15, -0.1) is 5.10 Å². The SMILES string of the molecule is Cc1cc2nnn(C3CCOCC3)c2cc1Br. The molecule has 0 bridgehead atoms. The average Bonchev–Trinajstić information content (AvgIpc) is 2.74. The number of hydrogen-bond donors (Lipinski definition) is 0. The van der Waals surface area contributed by atoms with E-state index in [4.69, 9.17) is 4.74 Å². The van der Waals surface area contributed by atoms with Gasteiger partial charge < -0.3 is 4.74 Å². The Balaban J connectivity index is 2.07. The van der Waals surface area contributed by atoms with E-state index in [0.29, 0.717) is 6.04 Å². The van der Waals surface area contributed by atoms with Crippen LogP contribution in [0.2, 0.25) is 0 Å². The van der Waals surface area contributed by atoms with Crippen LogP contribution in [0.15, 0.2) is 16.6 Å². The number of benzene rings is 1. The van der Waals surface area contributed by atoms with E-state index in [9.17, 15) is 0 Å². The highest BCUT2D eigenvalue weighted by molar-refractivity contribution is 9.10. The zero-order valence-corrected chi connectivity index (χ0v) is 11.3. The highest BCUT2D eigenvalue weighted by atomic mass is 79.9. The Morgan fingerprint density at radius 3 is 2.88 bits per heavy atom. The minimum atomic E-state index is 0.420. The van der Waals surface area contributed by atoms with Gasteiger partial charge in [0.15, 0.2) is 0 Å². The van der Waals surface area contributed by atoms with Gasteiger partial charge in [0.05, 0.1) is 11.6 Å². The minimum Gasteiger partial charge on any atom is -0.381 e. The van der Waals surface area contributed by atoms with Gasteiger partial charge in [-0.1, -0.05) is 21.1 Å². The number of rotatable bonds is 1. The van der Waals surface area contributed by atoms with E-state index < -0.39 is 0 Å². The van der Waals surface area contributed by atoms with Gasteiger partial charge in [0.2, 0.25) is 0 Å². The smallest absolute Gasteiger partial charge is 0.113 e. The summed E-state index contributed by atoms with van der Waals surface area (Å²) < 4.78 is 8.54. The van der Waals surface area contributed by atoms with E-state index in [2.05, 4.69) is 45.3 Å². The maximum absolute atomic E-state index is 5.38. The molecule has 5 heteroatoms. The molecule has 0 aliphatic carbocycles. The van der Waals surface area contributed by atoms with Crippen molar-refractivity contribution in [3.05, 3.63) is 22.2 Å². The largest absolute Gasteiger partial charge is 0.381 e. The molecule has 1 aromatic heterocycles. The standard InChI is InChI=1S/C12H14BrN3O/c1-8-6-11-12(7-10(8)13)16(15-14-11)9-2-4-17-5-3-9/h6-7,9H,2-5H2,1H3. The number of nitrogens with zero attached hydrogens (tertiary/aromatic N) is 3. The molecular formula is C12H14BrN3O. The highest BCUT2D eigenvalue weighted by Gasteiger charge is 2.19. The highest BCUT2D eigenvalue weighted by Crippen LogP contribution is 2.27. The van der Waals surface area contributed by atoms with Crippen molar-refractivity contribution in [2.24, 2.45) is 0 Å². The first-order chi connectivity index (χ1) is 8.25. The van der Waals surface area contributed by atoms with Crippen LogP contribution < -0.4 is 0 Å².